The first-order valence-electron chi connectivity index (χ1n) is 8.07. The fraction of sp³-hybridized carbons (Fsp3) is 0.500. The second-order valence-electron chi connectivity index (χ2n) is 7.10. The Morgan fingerprint density at radius 2 is 1.87 bits per heavy atom. The number of thiazole rings is 1. The van der Waals surface area contributed by atoms with E-state index in [-0.39, 0.29) is 16.3 Å². The Hall–Kier alpha value is -1.13. The van der Waals surface area contributed by atoms with E-state index in [1.54, 1.807) is 17.4 Å². The summed E-state index contributed by atoms with van der Waals surface area (Å²) in [7, 11) is 0. The number of benzene rings is 1. The van der Waals surface area contributed by atoms with E-state index in [2.05, 4.69) is 4.90 Å². The van der Waals surface area contributed by atoms with Crippen LogP contribution in [0, 0.1) is 5.82 Å². The molecule has 3 rings (SSSR count). The number of aromatic nitrogens is 1. The molecule has 2 heterocycles. The maximum absolute atomic E-state index is 14.6. The number of piperidine rings is 1. The lowest BCUT2D eigenvalue weighted by atomic mass is 9.82. The Labute approximate surface area is 146 Å². The van der Waals surface area contributed by atoms with Crippen LogP contribution in [-0.2, 0) is 5.41 Å². The SMILES string of the molecule is CC(C)(C)c1c(-c2csc(N3CCCCC3)n2)ccc(Cl)c1F. The third-order valence-electron chi connectivity index (χ3n) is 4.24. The van der Waals surface area contributed by atoms with Gasteiger partial charge in [0.25, 0.3) is 0 Å². The van der Waals surface area contributed by atoms with Gasteiger partial charge in [-0.05, 0) is 30.7 Å². The summed E-state index contributed by atoms with van der Waals surface area (Å²) in [5, 5.41) is 3.24. The van der Waals surface area contributed by atoms with Gasteiger partial charge in [-0.25, -0.2) is 9.37 Å². The zero-order valence-corrected chi connectivity index (χ0v) is 15.4. The zero-order chi connectivity index (χ0) is 16.6. The minimum absolute atomic E-state index is 0.171. The number of hydrogen-bond acceptors (Lipinski definition) is 3. The van der Waals surface area contributed by atoms with Crippen molar-refractivity contribution < 1.29 is 4.39 Å². The fourth-order valence-corrected chi connectivity index (χ4v) is 4.15. The Kier molecular flexibility index (Phi) is 4.65. The monoisotopic (exact) mass is 352 g/mol. The standard InChI is InChI=1S/C18H22ClFN2S/c1-18(2,3)15-12(7-8-13(19)16(15)20)14-11-23-17(21-14)22-9-5-4-6-10-22/h7-8,11H,4-6,9-10H2,1-3H3. The van der Waals surface area contributed by atoms with Gasteiger partial charge in [-0.15, -0.1) is 11.3 Å². The van der Waals surface area contributed by atoms with Gasteiger partial charge in [-0.2, -0.15) is 0 Å². The summed E-state index contributed by atoms with van der Waals surface area (Å²) >= 11 is 7.64. The van der Waals surface area contributed by atoms with Crippen molar-refractivity contribution in [2.24, 2.45) is 0 Å². The molecule has 0 amide bonds. The molecule has 0 bridgehead atoms. The topological polar surface area (TPSA) is 16.1 Å². The largest absolute Gasteiger partial charge is 0.348 e. The van der Waals surface area contributed by atoms with Crippen molar-refractivity contribution in [1.82, 2.24) is 4.98 Å². The summed E-state index contributed by atoms with van der Waals surface area (Å²) < 4.78 is 14.6. The van der Waals surface area contributed by atoms with Gasteiger partial charge >= 0.3 is 0 Å². The van der Waals surface area contributed by atoms with Crippen molar-refractivity contribution in [2.75, 3.05) is 18.0 Å². The molecule has 0 unspecified atom stereocenters. The molecule has 2 nitrogen and oxygen atoms in total. The molecular formula is C18H22ClFN2S. The highest BCUT2D eigenvalue weighted by molar-refractivity contribution is 7.14. The van der Waals surface area contributed by atoms with Gasteiger partial charge in [0.15, 0.2) is 5.13 Å². The number of rotatable bonds is 2. The third-order valence-corrected chi connectivity index (χ3v) is 5.43. The van der Waals surface area contributed by atoms with Crippen LogP contribution in [0.2, 0.25) is 5.02 Å². The first kappa shape index (κ1) is 16.7. The maximum Gasteiger partial charge on any atom is 0.185 e. The molecule has 1 aliphatic heterocycles. The minimum atomic E-state index is -0.334. The van der Waals surface area contributed by atoms with Gasteiger partial charge in [0.05, 0.1) is 10.7 Å². The summed E-state index contributed by atoms with van der Waals surface area (Å²) in [6.45, 7) is 8.14. The molecule has 23 heavy (non-hydrogen) atoms. The van der Waals surface area contributed by atoms with Gasteiger partial charge in [-0.1, -0.05) is 38.4 Å². The number of nitrogens with zero attached hydrogens (tertiary/aromatic N) is 2. The number of anilines is 1. The van der Waals surface area contributed by atoms with Crippen LogP contribution in [0.15, 0.2) is 17.5 Å². The molecule has 1 saturated heterocycles. The van der Waals surface area contributed by atoms with Crippen molar-refractivity contribution in [1.29, 1.82) is 0 Å². The van der Waals surface area contributed by atoms with Crippen LogP contribution in [0.5, 0.6) is 0 Å². The second kappa shape index (κ2) is 6.40. The molecule has 1 aromatic carbocycles. The van der Waals surface area contributed by atoms with Crippen molar-refractivity contribution in [3.05, 3.63) is 33.9 Å². The molecule has 0 spiro atoms. The lowest BCUT2D eigenvalue weighted by Gasteiger charge is -2.26. The fourth-order valence-electron chi connectivity index (χ4n) is 3.12. The maximum atomic E-state index is 14.6. The van der Waals surface area contributed by atoms with Crippen LogP contribution < -0.4 is 4.90 Å². The number of halogens is 2. The molecule has 1 aromatic heterocycles. The van der Waals surface area contributed by atoms with E-state index in [4.69, 9.17) is 16.6 Å². The predicted octanol–water partition coefficient (Wildman–Crippen LogP) is 5.89. The van der Waals surface area contributed by atoms with Gasteiger partial charge in [0, 0.05) is 29.6 Å². The van der Waals surface area contributed by atoms with Crippen molar-refractivity contribution in [2.45, 2.75) is 45.4 Å². The van der Waals surface area contributed by atoms with E-state index in [0.29, 0.717) is 5.56 Å². The van der Waals surface area contributed by atoms with E-state index < -0.39 is 0 Å². The van der Waals surface area contributed by atoms with E-state index in [0.717, 1.165) is 29.5 Å². The Bertz CT molecular complexity index is 700. The third kappa shape index (κ3) is 3.38. The highest BCUT2D eigenvalue weighted by atomic mass is 35.5. The highest BCUT2D eigenvalue weighted by Crippen LogP contribution is 2.39. The van der Waals surface area contributed by atoms with Crippen LogP contribution in [0.25, 0.3) is 11.3 Å². The van der Waals surface area contributed by atoms with Crippen LogP contribution in [0.1, 0.15) is 45.6 Å². The van der Waals surface area contributed by atoms with E-state index in [1.165, 1.54) is 19.3 Å². The molecule has 0 radical (unpaired) electrons. The highest BCUT2D eigenvalue weighted by Gasteiger charge is 2.26. The Morgan fingerprint density at radius 3 is 2.52 bits per heavy atom. The molecule has 1 fully saturated rings. The average molecular weight is 353 g/mol. The van der Waals surface area contributed by atoms with Crippen LogP contribution in [0.3, 0.4) is 0 Å². The molecular weight excluding hydrogens is 331 g/mol. The molecule has 0 atom stereocenters. The van der Waals surface area contributed by atoms with Gasteiger partial charge in [0.1, 0.15) is 5.82 Å². The summed E-state index contributed by atoms with van der Waals surface area (Å²) in [5.41, 5.74) is 2.00. The first-order valence-corrected chi connectivity index (χ1v) is 9.33. The Balaban J connectivity index is 2.02. The lowest BCUT2D eigenvalue weighted by molar-refractivity contribution is 0.524. The molecule has 124 valence electrons. The Morgan fingerprint density at radius 1 is 1.17 bits per heavy atom. The smallest absolute Gasteiger partial charge is 0.185 e. The van der Waals surface area contributed by atoms with Crippen LogP contribution in [-0.4, -0.2) is 18.1 Å². The normalized spacial score (nSPS) is 16.0. The predicted molar refractivity (Wildman–Crippen MR) is 97.3 cm³/mol. The minimum Gasteiger partial charge on any atom is -0.348 e. The van der Waals surface area contributed by atoms with Crippen molar-refractivity contribution in [3.63, 3.8) is 0 Å². The molecule has 0 saturated carbocycles. The van der Waals surface area contributed by atoms with Gasteiger partial charge < -0.3 is 4.90 Å². The molecule has 2 aromatic rings. The quantitative estimate of drug-likeness (QED) is 0.669. The van der Waals surface area contributed by atoms with Gasteiger partial charge in [-0.3, -0.25) is 0 Å². The van der Waals surface area contributed by atoms with E-state index >= 15 is 0 Å². The summed E-state index contributed by atoms with van der Waals surface area (Å²) in [5.74, 6) is -0.329. The average Bonchev–Trinajstić information content (AvgIpc) is 2.99. The van der Waals surface area contributed by atoms with Crippen LogP contribution >= 0.6 is 22.9 Å². The molecule has 5 heteroatoms. The summed E-state index contributed by atoms with van der Waals surface area (Å²) in [6.07, 6.45) is 3.74. The van der Waals surface area contributed by atoms with E-state index in [1.807, 2.05) is 32.2 Å². The van der Waals surface area contributed by atoms with Gasteiger partial charge in [0.2, 0.25) is 0 Å². The van der Waals surface area contributed by atoms with Crippen molar-refractivity contribution >= 4 is 28.1 Å². The summed E-state index contributed by atoms with van der Waals surface area (Å²) in [6, 6.07) is 3.52. The number of hydrogen-bond donors (Lipinski definition) is 0. The summed E-state index contributed by atoms with van der Waals surface area (Å²) in [4.78, 5) is 7.12. The molecule has 0 aliphatic carbocycles. The zero-order valence-electron chi connectivity index (χ0n) is 13.8. The van der Waals surface area contributed by atoms with E-state index in [9.17, 15) is 4.39 Å². The van der Waals surface area contributed by atoms with Crippen molar-refractivity contribution in [3.8, 4) is 11.3 Å². The molecule has 0 N–H and O–H groups in total. The second-order valence-corrected chi connectivity index (χ2v) is 8.34. The molecule has 1 aliphatic rings. The first-order chi connectivity index (χ1) is 10.9. The lowest BCUT2D eigenvalue weighted by Crippen LogP contribution is -2.29. The van der Waals surface area contributed by atoms with Crippen LogP contribution in [0.4, 0.5) is 9.52 Å².